The van der Waals surface area contributed by atoms with Gasteiger partial charge in [-0.3, -0.25) is 9.20 Å². The van der Waals surface area contributed by atoms with Crippen molar-refractivity contribution in [2.24, 2.45) is 0 Å². The molecule has 2 aromatic rings. The van der Waals surface area contributed by atoms with Gasteiger partial charge in [-0.05, 0) is 31.4 Å². The van der Waals surface area contributed by atoms with Crippen molar-refractivity contribution in [3.05, 3.63) is 35.3 Å². The van der Waals surface area contributed by atoms with E-state index in [1.54, 1.807) is 0 Å². The number of imidazole rings is 1. The van der Waals surface area contributed by atoms with Crippen molar-refractivity contribution in [3.8, 4) is 0 Å². The Bertz CT molecular complexity index is 583. The molecule has 3 rings (SSSR count). The van der Waals surface area contributed by atoms with Crippen molar-refractivity contribution in [2.75, 3.05) is 13.2 Å². The molecule has 0 aliphatic carbocycles. The average molecular weight is 244 g/mol. The normalized spacial score (nSPS) is 17.2. The second kappa shape index (κ2) is 4.53. The van der Waals surface area contributed by atoms with Crippen molar-refractivity contribution < 1.29 is 9.53 Å². The van der Waals surface area contributed by atoms with E-state index in [9.17, 15) is 4.79 Å². The summed E-state index contributed by atoms with van der Waals surface area (Å²) in [7, 11) is 0. The minimum atomic E-state index is 0.346. The molecule has 1 aliphatic rings. The van der Waals surface area contributed by atoms with Gasteiger partial charge >= 0.3 is 0 Å². The van der Waals surface area contributed by atoms with Crippen LogP contribution in [0, 0.1) is 6.92 Å². The van der Waals surface area contributed by atoms with Gasteiger partial charge in [0, 0.05) is 25.3 Å². The largest absolute Gasteiger partial charge is 0.381 e. The second-order valence-corrected chi connectivity index (χ2v) is 4.82. The fraction of sp³-hybridized carbons (Fsp3) is 0.429. The molecule has 1 aliphatic heterocycles. The van der Waals surface area contributed by atoms with Crippen molar-refractivity contribution in [3.63, 3.8) is 0 Å². The SMILES string of the molecule is Cc1ccc2nc(C3CCOCC3)c(C=O)n2c1. The molecule has 0 atom stereocenters. The zero-order valence-corrected chi connectivity index (χ0v) is 10.4. The van der Waals surface area contributed by atoms with E-state index in [4.69, 9.17) is 4.74 Å². The highest BCUT2D eigenvalue weighted by molar-refractivity contribution is 5.77. The molecule has 4 nitrogen and oxygen atoms in total. The summed E-state index contributed by atoms with van der Waals surface area (Å²) in [6.07, 6.45) is 4.78. The van der Waals surface area contributed by atoms with E-state index in [0.29, 0.717) is 11.6 Å². The smallest absolute Gasteiger partial charge is 0.168 e. The molecule has 1 saturated heterocycles. The second-order valence-electron chi connectivity index (χ2n) is 4.82. The molecule has 18 heavy (non-hydrogen) atoms. The number of ether oxygens (including phenoxy) is 1. The highest BCUT2D eigenvalue weighted by Gasteiger charge is 2.23. The van der Waals surface area contributed by atoms with Gasteiger partial charge in [-0.1, -0.05) is 6.07 Å². The standard InChI is InChI=1S/C14H16N2O2/c1-10-2-3-13-15-14(11-4-6-18-7-5-11)12(9-17)16(13)8-10/h2-3,8-9,11H,4-7H2,1H3. The summed E-state index contributed by atoms with van der Waals surface area (Å²) in [6.45, 7) is 3.54. The molecule has 1 fully saturated rings. The maximum atomic E-state index is 11.4. The maximum absolute atomic E-state index is 11.4. The number of pyridine rings is 1. The van der Waals surface area contributed by atoms with Crippen LogP contribution in [0.25, 0.3) is 5.65 Å². The molecule has 0 radical (unpaired) electrons. The number of aryl methyl sites for hydroxylation is 1. The molecule has 3 heterocycles. The summed E-state index contributed by atoms with van der Waals surface area (Å²) in [5.74, 6) is 0.346. The maximum Gasteiger partial charge on any atom is 0.168 e. The summed E-state index contributed by atoms with van der Waals surface area (Å²) in [6, 6.07) is 3.98. The lowest BCUT2D eigenvalue weighted by molar-refractivity contribution is 0.0841. The van der Waals surface area contributed by atoms with Crippen LogP contribution < -0.4 is 0 Å². The predicted octanol–water partition coefficient (Wildman–Crippen LogP) is 2.35. The van der Waals surface area contributed by atoms with Gasteiger partial charge in [0.25, 0.3) is 0 Å². The van der Waals surface area contributed by atoms with Gasteiger partial charge in [-0.15, -0.1) is 0 Å². The number of fused-ring (bicyclic) bond motifs is 1. The highest BCUT2D eigenvalue weighted by atomic mass is 16.5. The van der Waals surface area contributed by atoms with Gasteiger partial charge in [0.2, 0.25) is 0 Å². The number of carbonyl (C=O) groups is 1. The van der Waals surface area contributed by atoms with E-state index in [2.05, 4.69) is 4.98 Å². The molecular formula is C14H16N2O2. The number of nitrogens with zero attached hydrogens (tertiary/aromatic N) is 2. The lowest BCUT2D eigenvalue weighted by Crippen LogP contribution is -2.15. The van der Waals surface area contributed by atoms with Crippen molar-refractivity contribution >= 4 is 11.9 Å². The number of hydrogen-bond donors (Lipinski definition) is 0. The molecule has 2 aromatic heterocycles. The van der Waals surface area contributed by atoms with Crippen LogP contribution in [0.4, 0.5) is 0 Å². The molecule has 0 spiro atoms. The number of rotatable bonds is 2. The van der Waals surface area contributed by atoms with Gasteiger partial charge in [-0.2, -0.15) is 0 Å². The molecule has 0 aromatic carbocycles. The number of hydrogen-bond acceptors (Lipinski definition) is 3. The van der Waals surface area contributed by atoms with Crippen LogP contribution in [-0.4, -0.2) is 28.9 Å². The first-order valence-electron chi connectivity index (χ1n) is 6.31. The van der Waals surface area contributed by atoms with Gasteiger partial charge in [0.05, 0.1) is 5.69 Å². The average Bonchev–Trinajstić information content (AvgIpc) is 2.77. The van der Waals surface area contributed by atoms with Crippen LogP contribution in [0.5, 0.6) is 0 Å². The fourth-order valence-electron chi connectivity index (χ4n) is 2.58. The Morgan fingerprint density at radius 1 is 1.39 bits per heavy atom. The summed E-state index contributed by atoms with van der Waals surface area (Å²) >= 11 is 0. The van der Waals surface area contributed by atoms with Gasteiger partial charge in [0.1, 0.15) is 11.3 Å². The third-order valence-corrected chi connectivity index (χ3v) is 3.55. The van der Waals surface area contributed by atoms with E-state index in [-0.39, 0.29) is 0 Å². The van der Waals surface area contributed by atoms with Crippen LogP contribution >= 0.6 is 0 Å². The predicted molar refractivity (Wildman–Crippen MR) is 68.1 cm³/mol. The quantitative estimate of drug-likeness (QED) is 0.762. The first-order valence-corrected chi connectivity index (χ1v) is 6.31. The van der Waals surface area contributed by atoms with Crippen LogP contribution in [0.2, 0.25) is 0 Å². The number of carbonyl (C=O) groups excluding carboxylic acids is 1. The summed E-state index contributed by atoms with van der Waals surface area (Å²) in [5.41, 5.74) is 3.60. The topological polar surface area (TPSA) is 43.6 Å². The Kier molecular flexibility index (Phi) is 2.88. The van der Waals surface area contributed by atoms with E-state index < -0.39 is 0 Å². The Balaban J connectivity index is 2.13. The molecule has 0 N–H and O–H groups in total. The minimum absolute atomic E-state index is 0.346. The van der Waals surface area contributed by atoms with Crippen molar-refractivity contribution in [1.29, 1.82) is 0 Å². The van der Waals surface area contributed by atoms with E-state index in [1.165, 1.54) is 0 Å². The van der Waals surface area contributed by atoms with Gasteiger partial charge in [0.15, 0.2) is 6.29 Å². The Morgan fingerprint density at radius 3 is 2.89 bits per heavy atom. The van der Waals surface area contributed by atoms with Gasteiger partial charge in [-0.25, -0.2) is 4.98 Å². The zero-order chi connectivity index (χ0) is 12.5. The zero-order valence-electron chi connectivity index (χ0n) is 10.4. The van der Waals surface area contributed by atoms with Crippen molar-refractivity contribution in [1.82, 2.24) is 9.38 Å². The molecular weight excluding hydrogens is 228 g/mol. The van der Waals surface area contributed by atoms with E-state index in [0.717, 1.165) is 49.2 Å². The minimum Gasteiger partial charge on any atom is -0.381 e. The molecule has 94 valence electrons. The molecule has 0 amide bonds. The van der Waals surface area contributed by atoms with E-state index in [1.807, 2.05) is 29.7 Å². The number of aldehydes is 1. The van der Waals surface area contributed by atoms with Crippen LogP contribution in [-0.2, 0) is 4.74 Å². The van der Waals surface area contributed by atoms with Crippen LogP contribution in [0.1, 0.15) is 40.5 Å². The summed E-state index contributed by atoms with van der Waals surface area (Å²) < 4.78 is 7.26. The number of aromatic nitrogens is 2. The van der Waals surface area contributed by atoms with E-state index >= 15 is 0 Å². The fourth-order valence-corrected chi connectivity index (χ4v) is 2.58. The third kappa shape index (κ3) is 1.82. The molecule has 0 bridgehead atoms. The molecule has 4 heteroatoms. The Hall–Kier alpha value is -1.68. The van der Waals surface area contributed by atoms with Crippen LogP contribution in [0.15, 0.2) is 18.3 Å². The lowest BCUT2D eigenvalue weighted by atomic mass is 9.95. The molecule has 0 unspecified atom stereocenters. The first-order chi connectivity index (χ1) is 8.79. The first kappa shape index (κ1) is 11.4. The lowest BCUT2D eigenvalue weighted by Gasteiger charge is -2.20. The summed E-state index contributed by atoms with van der Waals surface area (Å²) in [4.78, 5) is 16.0. The van der Waals surface area contributed by atoms with Crippen LogP contribution in [0.3, 0.4) is 0 Å². The van der Waals surface area contributed by atoms with Crippen molar-refractivity contribution in [2.45, 2.75) is 25.7 Å². The van der Waals surface area contributed by atoms with Gasteiger partial charge < -0.3 is 4.74 Å². The molecule has 0 saturated carbocycles. The third-order valence-electron chi connectivity index (χ3n) is 3.55. The highest BCUT2D eigenvalue weighted by Crippen LogP contribution is 2.29. The Labute approximate surface area is 106 Å². The monoisotopic (exact) mass is 244 g/mol. The Morgan fingerprint density at radius 2 is 2.17 bits per heavy atom. The summed E-state index contributed by atoms with van der Waals surface area (Å²) in [5, 5.41) is 0.